The third-order valence-electron chi connectivity index (χ3n) is 4.32. The second kappa shape index (κ2) is 7.62. The van der Waals surface area contributed by atoms with Gasteiger partial charge in [0.25, 0.3) is 11.8 Å². The number of hydrogen-bond donors (Lipinski definition) is 2. The first-order valence-electron chi connectivity index (χ1n) is 8.33. The van der Waals surface area contributed by atoms with E-state index in [9.17, 15) is 9.59 Å². The molecule has 1 aromatic carbocycles. The third kappa shape index (κ3) is 4.33. The average molecular weight is 370 g/mol. The van der Waals surface area contributed by atoms with Gasteiger partial charge in [0.2, 0.25) is 0 Å². The number of nitrogens with one attached hydrogen (secondary N) is 2. The van der Waals surface area contributed by atoms with E-state index in [1.54, 1.807) is 12.1 Å². The van der Waals surface area contributed by atoms with Crippen LogP contribution in [0.3, 0.4) is 0 Å². The zero-order valence-corrected chi connectivity index (χ0v) is 14.9. The van der Waals surface area contributed by atoms with E-state index in [1.807, 2.05) is 6.07 Å². The number of alkyl halides is 2. The van der Waals surface area contributed by atoms with Gasteiger partial charge in [-0.2, -0.15) is 0 Å². The Kier molecular flexibility index (Phi) is 5.51. The van der Waals surface area contributed by atoms with Gasteiger partial charge >= 0.3 is 0 Å². The number of nitrogens with zero attached hydrogens (tertiary/aromatic N) is 1. The second-order valence-corrected chi connectivity index (χ2v) is 7.41. The Morgan fingerprint density at radius 3 is 2.46 bits per heavy atom. The fraction of sp³-hybridized carbons (Fsp3) is 0.529. The molecule has 2 aliphatic rings. The maximum absolute atomic E-state index is 12.6. The molecule has 0 radical (unpaired) electrons. The van der Waals surface area contributed by atoms with Gasteiger partial charge in [-0.15, -0.1) is 0 Å². The summed E-state index contributed by atoms with van der Waals surface area (Å²) in [4.78, 5) is 25.4. The number of hydrogen-bond acceptors (Lipinski definition) is 3. The predicted molar refractivity (Wildman–Crippen MR) is 97.1 cm³/mol. The van der Waals surface area contributed by atoms with Crippen LogP contribution in [0.2, 0.25) is 0 Å². The van der Waals surface area contributed by atoms with E-state index in [-0.39, 0.29) is 11.9 Å². The molecule has 1 saturated carbocycles. The molecule has 1 aromatic rings. The molecule has 1 saturated heterocycles. The lowest BCUT2D eigenvalue weighted by Crippen LogP contribution is -2.33. The lowest BCUT2D eigenvalue weighted by molar-refractivity contribution is -0.114. The van der Waals surface area contributed by atoms with Gasteiger partial charge < -0.3 is 15.5 Å². The molecule has 130 valence electrons. The van der Waals surface area contributed by atoms with Crippen molar-refractivity contribution in [2.24, 2.45) is 0 Å². The highest BCUT2D eigenvalue weighted by Crippen LogP contribution is 2.29. The summed E-state index contributed by atoms with van der Waals surface area (Å²) in [6.45, 7) is 1.89. The Balaban J connectivity index is 1.85. The molecule has 24 heavy (non-hydrogen) atoms. The van der Waals surface area contributed by atoms with Crippen LogP contribution >= 0.6 is 23.2 Å². The summed E-state index contributed by atoms with van der Waals surface area (Å²) in [5, 5.41) is 5.66. The quantitative estimate of drug-likeness (QED) is 0.782. The first-order valence-corrected chi connectivity index (χ1v) is 9.21. The van der Waals surface area contributed by atoms with Gasteiger partial charge in [0, 0.05) is 30.5 Å². The Bertz CT molecular complexity index is 626. The third-order valence-corrected chi connectivity index (χ3v) is 4.71. The number of amides is 2. The van der Waals surface area contributed by atoms with Crippen molar-refractivity contribution in [3.8, 4) is 0 Å². The van der Waals surface area contributed by atoms with Crippen molar-refractivity contribution in [2.45, 2.75) is 43.0 Å². The van der Waals surface area contributed by atoms with E-state index in [0.29, 0.717) is 11.3 Å². The average Bonchev–Trinajstić information content (AvgIpc) is 3.39. The van der Waals surface area contributed by atoms with Crippen LogP contribution in [-0.2, 0) is 4.79 Å². The standard InChI is InChI=1S/C17H21Cl2N3O2/c18-15(19)17(24)21-12-6-7-14(22-8-2-1-3-9-22)13(10-12)16(23)20-11-4-5-11/h6-7,10-11,15H,1-5,8-9H2,(H,20,23)(H,21,24). The smallest absolute Gasteiger partial charge is 0.257 e. The molecule has 0 spiro atoms. The molecule has 5 nitrogen and oxygen atoms in total. The summed E-state index contributed by atoms with van der Waals surface area (Å²) in [6.07, 6.45) is 5.54. The van der Waals surface area contributed by atoms with Gasteiger partial charge in [-0.1, -0.05) is 23.2 Å². The summed E-state index contributed by atoms with van der Waals surface area (Å²) in [5.41, 5.74) is 2.02. The van der Waals surface area contributed by atoms with Crippen molar-refractivity contribution < 1.29 is 9.59 Å². The minimum atomic E-state index is -1.14. The molecule has 0 aromatic heterocycles. The van der Waals surface area contributed by atoms with E-state index in [4.69, 9.17) is 23.2 Å². The number of carbonyl (C=O) groups excluding carboxylic acids is 2. The topological polar surface area (TPSA) is 61.4 Å². The molecule has 1 aliphatic carbocycles. The molecule has 7 heteroatoms. The zero-order valence-electron chi connectivity index (χ0n) is 13.4. The van der Waals surface area contributed by atoms with Crippen LogP contribution in [0.4, 0.5) is 11.4 Å². The number of anilines is 2. The summed E-state index contributed by atoms with van der Waals surface area (Å²) in [7, 11) is 0. The number of halogens is 2. The summed E-state index contributed by atoms with van der Waals surface area (Å²) >= 11 is 11.2. The molecule has 2 amide bonds. The maximum atomic E-state index is 12.6. The number of benzene rings is 1. The van der Waals surface area contributed by atoms with Crippen molar-refractivity contribution in [2.75, 3.05) is 23.3 Å². The van der Waals surface area contributed by atoms with Gasteiger partial charge in [0.05, 0.1) is 5.56 Å². The molecule has 0 atom stereocenters. The van der Waals surface area contributed by atoms with Gasteiger partial charge in [-0.25, -0.2) is 0 Å². The number of piperidine rings is 1. The second-order valence-electron chi connectivity index (χ2n) is 6.32. The highest BCUT2D eigenvalue weighted by Gasteiger charge is 2.26. The monoisotopic (exact) mass is 369 g/mol. The SMILES string of the molecule is O=C(NC1CC1)c1cc(NC(=O)C(Cl)Cl)ccc1N1CCCCC1. The van der Waals surface area contributed by atoms with E-state index >= 15 is 0 Å². The lowest BCUT2D eigenvalue weighted by atomic mass is 10.1. The minimum Gasteiger partial charge on any atom is -0.371 e. The van der Waals surface area contributed by atoms with Crippen LogP contribution in [0.25, 0.3) is 0 Å². The predicted octanol–water partition coefficient (Wildman–Crippen LogP) is 3.31. The largest absolute Gasteiger partial charge is 0.371 e. The van der Waals surface area contributed by atoms with E-state index < -0.39 is 10.7 Å². The van der Waals surface area contributed by atoms with Gasteiger partial charge in [-0.3, -0.25) is 9.59 Å². The summed E-state index contributed by atoms with van der Waals surface area (Å²) < 4.78 is 0. The number of rotatable bonds is 5. The van der Waals surface area contributed by atoms with Crippen molar-refractivity contribution in [1.29, 1.82) is 0 Å². The Labute approximate surface area is 151 Å². The summed E-state index contributed by atoms with van der Waals surface area (Å²) in [6, 6.07) is 5.65. The van der Waals surface area contributed by atoms with Crippen molar-refractivity contribution in [3.63, 3.8) is 0 Å². The fourth-order valence-corrected chi connectivity index (χ4v) is 3.00. The van der Waals surface area contributed by atoms with Gasteiger partial charge in [0.15, 0.2) is 4.84 Å². The van der Waals surface area contributed by atoms with E-state index in [1.165, 1.54) is 6.42 Å². The minimum absolute atomic E-state index is 0.0949. The maximum Gasteiger partial charge on any atom is 0.257 e. The lowest BCUT2D eigenvalue weighted by Gasteiger charge is -2.30. The van der Waals surface area contributed by atoms with Crippen LogP contribution in [0.5, 0.6) is 0 Å². The molecule has 1 aliphatic heterocycles. The van der Waals surface area contributed by atoms with Crippen molar-refractivity contribution in [1.82, 2.24) is 5.32 Å². The van der Waals surface area contributed by atoms with Crippen molar-refractivity contribution in [3.05, 3.63) is 23.8 Å². The molecule has 2 fully saturated rings. The van der Waals surface area contributed by atoms with Crippen LogP contribution in [0.1, 0.15) is 42.5 Å². The summed E-state index contributed by atoms with van der Waals surface area (Å²) in [5.74, 6) is -0.597. The first kappa shape index (κ1) is 17.4. The highest BCUT2D eigenvalue weighted by atomic mass is 35.5. The molecule has 3 rings (SSSR count). The molecular formula is C17H21Cl2N3O2. The molecule has 2 N–H and O–H groups in total. The zero-order chi connectivity index (χ0) is 17.1. The fourth-order valence-electron chi connectivity index (χ4n) is 2.89. The highest BCUT2D eigenvalue weighted by molar-refractivity contribution is 6.54. The van der Waals surface area contributed by atoms with Crippen LogP contribution in [0.15, 0.2) is 18.2 Å². The van der Waals surface area contributed by atoms with Gasteiger partial charge in [0.1, 0.15) is 0 Å². The van der Waals surface area contributed by atoms with Crippen molar-refractivity contribution >= 4 is 46.4 Å². The first-order chi connectivity index (χ1) is 11.5. The Morgan fingerprint density at radius 1 is 1.12 bits per heavy atom. The molecular weight excluding hydrogens is 349 g/mol. The normalized spacial score (nSPS) is 17.7. The van der Waals surface area contributed by atoms with E-state index in [0.717, 1.165) is 44.5 Å². The molecule has 1 heterocycles. The van der Waals surface area contributed by atoms with Gasteiger partial charge in [-0.05, 0) is 50.3 Å². The molecule has 0 unspecified atom stereocenters. The van der Waals surface area contributed by atoms with Crippen LogP contribution in [-0.4, -0.2) is 35.8 Å². The van der Waals surface area contributed by atoms with Crippen LogP contribution < -0.4 is 15.5 Å². The Morgan fingerprint density at radius 2 is 1.83 bits per heavy atom. The number of carbonyl (C=O) groups is 2. The Hall–Kier alpha value is -1.46. The van der Waals surface area contributed by atoms with Crippen LogP contribution in [0, 0.1) is 0 Å². The van der Waals surface area contributed by atoms with E-state index in [2.05, 4.69) is 15.5 Å². The molecule has 0 bridgehead atoms.